The molecule has 1 saturated carbocycles. The molecule has 21 heavy (non-hydrogen) atoms. The molecule has 116 valence electrons. The maximum Gasteiger partial charge on any atom is 0.416 e. The molecule has 1 aliphatic carbocycles. The minimum Gasteiger partial charge on any atom is -0.490 e. The number of hydrogen-bond donors (Lipinski definition) is 1. The van der Waals surface area contributed by atoms with Gasteiger partial charge in [-0.15, -0.1) is 0 Å². The third-order valence-corrected chi connectivity index (χ3v) is 4.78. The van der Waals surface area contributed by atoms with E-state index in [-0.39, 0.29) is 6.10 Å². The highest BCUT2D eigenvalue weighted by atomic mass is 19.4. The quantitative estimate of drug-likeness (QED) is 0.893. The zero-order chi connectivity index (χ0) is 15.1. The van der Waals surface area contributed by atoms with Crippen molar-refractivity contribution >= 4 is 0 Å². The topological polar surface area (TPSA) is 21.3 Å². The molecule has 1 aromatic rings. The van der Waals surface area contributed by atoms with Gasteiger partial charge in [0.05, 0.1) is 11.7 Å². The summed E-state index contributed by atoms with van der Waals surface area (Å²) in [6.07, 6.45) is 0.263. The molecule has 0 unspecified atom stereocenters. The van der Waals surface area contributed by atoms with Crippen molar-refractivity contribution in [2.75, 3.05) is 13.1 Å². The summed E-state index contributed by atoms with van der Waals surface area (Å²) >= 11 is 0. The Balaban J connectivity index is 1.62. The van der Waals surface area contributed by atoms with Crippen LogP contribution in [0.15, 0.2) is 18.2 Å². The van der Waals surface area contributed by atoms with Crippen LogP contribution in [0.4, 0.5) is 13.2 Å². The van der Waals surface area contributed by atoms with Crippen molar-refractivity contribution < 1.29 is 17.9 Å². The van der Waals surface area contributed by atoms with Gasteiger partial charge in [0.15, 0.2) is 0 Å². The maximum absolute atomic E-state index is 12.6. The standard InChI is InChI=1S/C16H20F3NO/c1-11-8-12(16(17,18)19)2-3-14(11)21-13-9-15(10-13)4-6-20-7-5-15/h2-3,8,13,20H,4-7,9-10H2,1H3. The number of ether oxygens (including phenoxy) is 1. The molecule has 5 heteroatoms. The molecular weight excluding hydrogens is 279 g/mol. The van der Waals surface area contributed by atoms with Crippen molar-refractivity contribution in [2.45, 2.75) is 44.9 Å². The van der Waals surface area contributed by atoms with Crippen LogP contribution >= 0.6 is 0 Å². The van der Waals surface area contributed by atoms with E-state index in [0.717, 1.165) is 38.1 Å². The summed E-state index contributed by atoms with van der Waals surface area (Å²) in [7, 11) is 0. The number of benzene rings is 1. The normalized spacial score (nSPS) is 22.1. The zero-order valence-corrected chi connectivity index (χ0v) is 12.1. The van der Waals surface area contributed by atoms with Gasteiger partial charge in [-0.3, -0.25) is 0 Å². The molecule has 1 saturated heterocycles. The van der Waals surface area contributed by atoms with Crippen molar-refractivity contribution in [1.29, 1.82) is 0 Å². The number of alkyl halides is 3. The van der Waals surface area contributed by atoms with E-state index >= 15 is 0 Å². The molecule has 1 aliphatic heterocycles. The number of aryl methyl sites for hydroxylation is 1. The summed E-state index contributed by atoms with van der Waals surface area (Å²) in [6, 6.07) is 3.71. The second kappa shape index (κ2) is 5.20. The second-order valence-corrected chi connectivity index (χ2v) is 6.38. The summed E-state index contributed by atoms with van der Waals surface area (Å²) < 4.78 is 43.8. The molecule has 1 heterocycles. The zero-order valence-electron chi connectivity index (χ0n) is 12.1. The lowest BCUT2D eigenvalue weighted by molar-refractivity contribution is -0.137. The second-order valence-electron chi connectivity index (χ2n) is 6.38. The van der Waals surface area contributed by atoms with Gasteiger partial charge in [0, 0.05) is 0 Å². The lowest BCUT2D eigenvalue weighted by Crippen LogP contribution is -2.49. The van der Waals surface area contributed by atoms with Crippen molar-refractivity contribution in [1.82, 2.24) is 5.32 Å². The van der Waals surface area contributed by atoms with Crippen LogP contribution < -0.4 is 10.1 Å². The fourth-order valence-corrected chi connectivity index (χ4v) is 3.49. The van der Waals surface area contributed by atoms with Gasteiger partial charge in [-0.05, 0) is 74.9 Å². The van der Waals surface area contributed by atoms with Crippen LogP contribution in [0.1, 0.15) is 36.8 Å². The number of nitrogens with one attached hydrogen (secondary N) is 1. The first-order valence-electron chi connectivity index (χ1n) is 7.43. The van der Waals surface area contributed by atoms with Gasteiger partial charge < -0.3 is 10.1 Å². The van der Waals surface area contributed by atoms with Crippen LogP contribution in [-0.2, 0) is 6.18 Å². The summed E-state index contributed by atoms with van der Waals surface area (Å²) in [6.45, 7) is 3.79. The predicted molar refractivity (Wildman–Crippen MR) is 74.4 cm³/mol. The largest absolute Gasteiger partial charge is 0.490 e. The first-order valence-corrected chi connectivity index (χ1v) is 7.43. The number of rotatable bonds is 2. The van der Waals surface area contributed by atoms with Gasteiger partial charge in [-0.25, -0.2) is 0 Å². The molecule has 2 fully saturated rings. The Morgan fingerprint density at radius 2 is 1.86 bits per heavy atom. The van der Waals surface area contributed by atoms with Crippen molar-refractivity contribution in [3.63, 3.8) is 0 Å². The number of halogens is 3. The molecule has 2 aliphatic rings. The molecule has 2 nitrogen and oxygen atoms in total. The molecule has 3 rings (SSSR count). The molecule has 0 aromatic heterocycles. The lowest BCUT2D eigenvalue weighted by atomic mass is 9.62. The predicted octanol–water partition coefficient (Wildman–Crippen LogP) is 3.92. The first-order chi connectivity index (χ1) is 9.88. The SMILES string of the molecule is Cc1cc(C(F)(F)F)ccc1OC1CC2(CCNCC2)C1. The minimum absolute atomic E-state index is 0.151. The molecule has 0 radical (unpaired) electrons. The maximum atomic E-state index is 12.6. The average Bonchev–Trinajstić information content (AvgIpc) is 2.39. The van der Waals surface area contributed by atoms with E-state index in [1.54, 1.807) is 6.92 Å². The van der Waals surface area contributed by atoms with E-state index in [0.29, 0.717) is 16.7 Å². The van der Waals surface area contributed by atoms with Gasteiger partial charge in [0.25, 0.3) is 0 Å². The summed E-state index contributed by atoms with van der Waals surface area (Å²) in [5.41, 5.74) is 0.349. The van der Waals surface area contributed by atoms with E-state index in [2.05, 4.69) is 5.32 Å². The van der Waals surface area contributed by atoms with Gasteiger partial charge in [0.1, 0.15) is 5.75 Å². The smallest absolute Gasteiger partial charge is 0.416 e. The minimum atomic E-state index is -4.29. The van der Waals surface area contributed by atoms with Crippen LogP contribution in [0, 0.1) is 12.3 Å². The Labute approximate surface area is 122 Å². The molecule has 0 amide bonds. The van der Waals surface area contributed by atoms with Crippen LogP contribution in [-0.4, -0.2) is 19.2 Å². The van der Waals surface area contributed by atoms with Crippen LogP contribution in [0.5, 0.6) is 5.75 Å². The molecule has 1 spiro atoms. The highest BCUT2D eigenvalue weighted by Gasteiger charge is 2.45. The monoisotopic (exact) mass is 299 g/mol. The van der Waals surface area contributed by atoms with Crippen molar-refractivity contribution in [2.24, 2.45) is 5.41 Å². The Kier molecular flexibility index (Phi) is 3.64. The molecule has 1 aromatic carbocycles. The fourth-order valence-electron chi connectivity index (χ4n) is 3.49. The van der Waals surface area contributed by atoms with Crippen molar-refractivity contribution in [3.05, 3.63) is 29.3 Å². The Bertz CT molecular complexity index is 513. The van der Waals surface area contributed by atoms with Crippen LogP contribution in [0.3, 0.4) is 0 Å². The third-order valence-electron chi connectivity index (χ3n) is 4.78. The van der Waals surface area contributed by atoms with Gasteiger partial charge >= 0.3 is 6.18 Å². The van der Waals surface area contributed by atoms with E-state index in [1.807, 2.05) is 0 Å². The molecular formula is C16H20F3NO. The fraction of sp³-hybridized carbons (Fsp3) is 0.625. The highest BCUT2D eigenvalue weighted by Crippen LogP contribution is 2.49. The Hall–Kier alpha value is -1.23. The molecule has 0 bridgehead atoms. The summed E-state index contributed by atoms with van der Waals surface area (Å²) in [4.78, 5) is 0. The third kappa shape index (κ3) is 3.03. The van der Waals surface area contributed by atoms with E-state index in [9.17, 15) is 13.2 Å². The van der Waals surface area contributed by atoms with Crippen LogP contribution in [0.25, 0.3) is 0 Å². The lowest BCUT2D eigenvalue weighted by Gasteiger charge is -2.50. The highest BCUT2D eigenvalue weighted by molar-refractivity contribution is 5.37. The average molecular weight is 299 g/mol. The van der Waals surface area contributed by atoms with Gasteiger partial charge in [-0.2, -0.15) is 13.2 Å². The molecule has 1 N–H and O–H groups in total. The number of piperidine rings is 1. The van der Waals surface area contributed by atoms with Gasteiger partial charge in [0.2, 0.25) is 0 Å². The van der Waals surface area contributed by atoms with E-state index < -0.39 is 11.7 Å². The van der Waals surface area contributed by atoms with Crippen LogP contribution in [0.2, 0.25) is 0 Å². The summed E-state index contributed by atoms with van der Waals surface area (Å²) in [5.74, 6) is 0.580. The first kappa shape index (κ1) is 14.7. The van der Waals surface area contributed by atoms with Gasteiger partial charge in [-0.1, -0.05) is 0 Å². The van der Waals surface area contributed by atoms with E-state index in [1.165, 1.54) is 18.9 Å². The molecule has 0 atom stereocenters. The Morgan fingerprint density at radius 3 is 2.43 bits per heavy atom. The summed E-state index contributed by atoms with van der Waals surface area (Å²) in [5, 5.41) is 3.35. The van der Waals surface area contributed by atoms with E-state index in [4.69, 9.17) is 4.74 Å². The number of hydrogen-bond acceptors (Lipinski definition) is 2. The Morgan fingerprint density at radius 1 is 1.19 bits per heavy atom. The van der Waals surface area contributed by atoms with Crippen molar-refractivity contribution in [3.8, 4) is 5.75 Å².